The average Bonchev–Trinajstić information content (AvgIpc) is 3.24. The van der Waals surface area contributed by atoms with E-state index in [1.54, 1.807) is 24.5 Å². The van der Waals surface area contributed by atoms with Gasteiger partial charge in [0, 0.05) is 41.1 Å². The van der Waals surface area contributed by atoms with Crippen molar-refractivity contribution in [2.24, 2.45) is 5.73 Å². The number of nitrogens with zero attached hydrogens (tertiary/aromatic N) is 2. The summed E-state index contributed by atoms with van der Waals surface area (Å²) >= 11 is 0. The largest absolute Gasteiger partial charge is 0.380 e. The second-order valence-corrected chi connectivity index (χ2v) is 10.2. The third-order valence-corrected chi connectivity index (χ3v) is 8.24. The quantitative estimate of drug-likeness (QED) is 0.329. The van der Waals surface area contributed by atoms with Crippen LogP contribution in [0.4, 0.5) is 4.39 Å². The minimum absolute atomic E-state index is 0.122. The number of nitrogens with one attached hydrogen (secondary N) is 1. The van der Waals surface area contributed by atoms with E-state index in [1.807, 2.05) is 0 Å². The molecule has 4 heterocycles. The molecule has 0 saturated carbocycles. The van der Waals surface area contributed by atoms with Gasteiger partial charge in [-0.3, -0.25) is 9.59 Å². The number of aliphatic hydroxyl groups is 2. The highest BCUT2D eigenvalue weighted by Gasteiger charge is 2.45. The number of carbonyl (C=O) groups excluding carboxylic acids is 1. The summed E-state index contributed by atoms with van der Waals surface area (Å²) < 4.78 is 21.9. The minimum Gasteiger partial charge on any atom is -0.380 e. The summed E-state index contributed by atoms with van der Waals surface area (Å²) in [6, 6.07) is 2.76. The molecule has 1 amide bonds. The molecule has 0 fully saturated rings. The van der Waals surface area contributed by atoms with Gasteiger partial charge in [-0.15, -0.1) is 0 Å². The summed E-state index contributed by atoms with van der Waals surface area (Å²) in [6.07, 6.45) is 0.0152. The maximum atomic E-state index is 14.9. The molecule has 1 aromatic carbocycles. The first-order valence-electron chi connectivity index (χ1n) is 12.6. The zero-order chi connectivity index (χ0) is 26.2. The Morgan fingerprint density at radius 1 is 1.35 bits per heavy atom. The molecule has 0 bridgehead atoms. The first-order chi connectivity index (χ1) is 17.7. The van der Waals surface area contributed by atoms with E-state index in [1.165, 1.54) is 6.07 Å². The highest BCUT2D eigenvalue weighted by Crippen LogP contribution is 2.46. The topological polar surface area (TPSA) is 140 Å². The van der Waals surface area contributed by atoms with Crippen molar-refractivity contribution in [3.63, 3.8) is 0 Å². The van der Waals surface area contributed by atoms with Crippen molar-refractivity contribution in [1.82, 2.24) is 14.9 Å². The van der Waals surface area contributed by atoms with Gasteiger partial charge in [0.1, 0.15) is 11.4 Å². The van der Waals surface area contributed by atoms with E-state index in [2.05, 4.69) is 5.32 Å². The first-order valence-corrected chi connectivity index (χ1v) is 12.6. The molecule has 0 radical (unpaired) electrons. The Morgan fingerprint density at radius 2 is 2.14 bits per heavy atom. The molecule has 10 heteroatoms. The Kier molecular flexibility index (Phi) is 5.50. The lowest BCUT2D eigenvalue weighted by atomic mass is 9.81. The Labute approximate surface area is 212 Å². The lowest BCUT2D eigenvalue weighted by Gasteiger charge is -2.37. The Bertz CT molecular complexity index is 1550. The van der Waals surface area contributed by atoms with Crippen LogP contribution < -0.4 is 16.6 Å². The molecule has 1 unspecified atom stereocenters. The fourth-order valence-corrected chi connectivity index (χ4v) is 6.21. The monoisotopic (exact) mass is 508 g/mol. The maximum absolute atomic E-state index is 14.9. The van der Waals surface area contributed by atoms with Gasteiger partial charge in [0.15, 0.2) is 6.29 Å². The van der Waals surface area contributed by atoms with Crippen LogP contribution >= 0.6 is 0 Å². The van der Waals surface area contributed by atoms with Crippen molar-refractivity contribution < 1.29 is 24.1 Å². The summed E-state index contributed by atoms with van der Waals surface area (Å²) in [5.74, 6) is -0.524. The number of amides is 1. The number of rotatable bonds is 4. The summed E-state index contributed by atoms with van der Waals surface area (Å²) in [7, 11) is 0. The summed E-state index contributed by atoms with van der Waals surface area (Å²) in [5, 5.41) is 25.5. The van der Waals surface area contributed by atoms with Gasteiger partial charge >= 0.3 is 0 Å². The van der Waals surface area contributed by atoms with Crippen molar-refractivity contribution in [2.45, 2.75) is 70.6 Å². The molecule has 3 atom stereocenters. The predicted molar refractivity (Wildman–Crippen MR) is 133 cm³/mol. The van der Waals surface area contributed by atoms with Gasteiger partial charge in [0.05, 0.1) is 36.1 Å². The van der Waals surface area contributed by atoms with Crippen molar-refractivity contribution in [1.29, 1.82) is 0 Å². The number of aryl methyl sites for hydroxylation is 1. The van der Waals surface area contributed by atoms with Crippen LogP contribution in [0.3, 0.4) is 0 Å². The molecule has 3 aromatic rings. The van der Waals surface area contributed by atoms with Crippen molar-refractivity contribution in [3.05, 3.63) is 61.7 Å². The van der Waals surface area contributed by atoms with Crippen LogP contribution in [0.5, 0.6) is 0 Å². The smallest absolute Gasteiger partial charge is 0.257 e. The normalized spacial score (nSPS) is 23.5. The van der Waals surface area contributed by atoms with Crippen LogP contribution in [0.15, 0.2) is 16.9 Å². The van der Waals surface area contributed by atoms with Crippen LogP contribution in [0.25, 0.3) is 22.3 Å². The minimum atomic E-state index is -1.74. The van der Waals surface area contributed by atoms with E-state index in [0.29, 0.717) is 46.4 Å². The molecule has 0 spiro atoms. The third kappa shape index (κ3) is 3.33. The lowest BCUT2D eigenvalue weighted by Crippen LogP contribution is -2.47. The van der Waals surface area contributed by atoms with E-state index in [0.717, 1.165) is 22.1 Å². The number of hydrogen-bond acceptors (Lipinski definition) is 7. The summed E-state index contributed by atoms with van der Waals surface area (Å²) in [5.41, 5.74) is 8.64. The SMILES string of the molecule is CC[C@]1(O)c2cc3n(c(=O)c2COC1O)Cc1c-3nc2cc(F)c(C)c3c2c1[C@@H](NC(=O)CCN)CC3. The third-order valence-electron chi connectivity index (χ3n) is 8.24. The molecule has 37 heavy (non-hydrogen) atoms. The number of hydrogen-bond donors (Lipinski definition) is 4. The molecule has 2 aromatic heterocycles. The van der Waals surface area contributed by atoms with Crippen molar-refractivity contribution in [2.75, 3.05) is 6.54 Å². The highest BCUT2D eigenvalue weighted by atomic mass is 19.1. The molecular weight excluding hydrogens is 479 g/mol. The lowest BCUT2D eigenvalue weighted by molar-refractivity contribution is -0.236. The molecule has 5 N–H and O–H groups in total. The van der Waals surface area contributed by atoms with Gasteiger partial charge in [-0.1, -0.05) is 6.92 Å². The molecule has 194 valence electrons. The van der Waals surface area contributed by atoms with E-state index < -0.39 is 11.9 Å². The van der Waals surface area contributed by atoms with Gasteiger partial charge < -0.3 is 30.6 Å². The van der Waals surface area contributed by atoms with Crippen LogP contribution in [0.1, 0.15) is 65.6 Å². The van der Waals surface area contributed by atoms with E-state index in [-0.39, 0.29) is 55.9 Å². The fourth-order valence-electron chi connectivity index (χ4n) is 6.21. The number of fused-ring (bicyclic) bond motifs is 5. The van der Waals surface area contributed by atoms with Crippen LogP contribution in [0, 0.1) is 12.7 Å². The van der Waals surface area contributed by atoms with Crippen molar-refractivity contribution in [3.8, 4) is 11.4 Å². The molecule has 2 aliphatic heterocycles. The first kappa shape index (κ1) is 24.2. The Hall–Kier alpha value is -3.18. The van der Waals surface area contributed by atoms with Gasteiger partial charge in [0.2, 0.25) is 5.91 Å². The zero-order valence-electron chi connectivity index (χ0n) is 20.7. The van der Waals surface area contributed by atoms with E-state index in [9.17, 15) is 24.2 Å². The molecule has 0 saturated heterocycles. The average molecular weight is 509 g/mol. The molecular formula is C27H29FN4O5. The van der Waals surface area contributed by atoms with Gasteiger partial charge in [-0.05, 0) is 48.9 Å². The van der Waals surface area contributed by atoms with E-state index in [4.69, 9.17) is 15.5 Å². The number of ether oxygens (including phenoxy) is 1. The summed E-state index contributed by atoms with van der Waals surface area (Å²) in [6.45, 7) is 3.78. The number of halogens is 1. The Balaban J connectivity index is 1.63. The number of carbonyl (C=O) groups is 1. The van der Waals surface area contributed by atoms with Crippen molar-refractivity contribution >= 4 is 16.8 Å². The van der Waals surface area contributed by atoms with Crippen LogP contribution in [0.2, 0.25) is 0 Å². The number of pyridine rings is 2. The molecule has 1 aliphatic carbocycles. The van der Waals surface area contributed by atoms with Crippen LogP contribution in [-0.4, -0.2) is 38.5 Å². The number of aromatic nitrogens is 2. The highest BCUT2D eigenvalue weighted by molar-refractivity contribution is 5.93. The molecule has 3 aliphatic rings. The standard InChI is InChI=1S/C27H29FN4O5/c1-3-27(36)16-8-20-24-14(10-32(20)25(34)15(16)11-37-26(27)35)23-18(30-21(33)6-7-29)5-4-13-12(2)17(28)9-19(31-24)22(13)23/h8-9,18,26,35-36H,3-7,10-11,29H2,1-2H3,(H,30,33)/t18-,26?,27-/m0/s1. The summed E-state index contributed by atoms with van der Waals surface area (Å²) in [4.78, 5) is 31.0. The van der Waals surface area contributed by atoms with Gasteiger partial charge in [-0.25, -0.2) is 9.37 Å². The molecule has 9 nitrogen and oxygen atoms in total. The number of benzene rings is 1. The number of aliphatic hydroxyl groups excluding tert-OH is 1. The second kappa shape index (κ2) is 8.42. The van der Waals surface area contributed by atoms with E-state index >= 15 is 0 Å². The Morgan fingerprint density at radius 3 is 2.86 bits per heavy atom. The van der Waals surface area contributed by atoms with Crippen LogP contribution in [-0.2, 0) is 34.7 Å². The fraction of sp³-hybridized carbons (Fsp3) is 0.444. The molecule has 6 rings (SSSR count). The zero-order valence-corrected chi connectivity index (χ0v) is 20.7. The second-order valence-electron chi connectivity index (χ2n) is 10.2. The van der Waals surface area contributed by atoms with Gasteiger partial charge in [0.25, 0.3) is 5.56 Å². The maximum Gasteiger partial charge on any atom is 0.257 e. The number of nitrogens with two attached hydrogens (primary N) is 1. The predicted octanol–water partition coefficient (Wildman–Crippen LogP) is 1.77. The van der Waals surface area contributed by atoms with Gasteiger partial charge in [-0.2, -0.15) is 0 Å².